The molecule has 0 unspecified atom stereocenters. The zero-order valence-corrected chi connectivity index (χ0v) is 19.8. The highest BCUT2D eigenvalue weighted by Gasteiger charge is 2.37. The molecule has 0 amide bonds. The highest BCUT2D eigenvalue weighted by atomic mass is 16.1. The second-order valence-corrected chi connectivity index (χ2v) is 9.90. The first-order chi connectivity index (χ1) is 17.0. The molecule has 5 aromatic rings. The average Bonchev–Trinajstić information content (AvgIpc) is 3.47. The summed E-state index contributed by atoms with van der Waals surface area (Å²) in [6, 6.07) is 30.2. The number of hydrogen-bond acceptors (Lipinski definition) is 3. The topological polar surface area (TPSA) is 52.7 Å². The fraction of sp³-hybridized carbons (Fsp3) is 0.167. The van der Waals surface area contributed by atoms with Gasteiger partial charge in [0.2, 0.25) is 0 Å². The summed E-state index contributed by atoms with van der Waals surface area (Å²) in [6.45, 7) is 4.27. The van der Waals surface area contributed by atoms with E-state index in [4.69, 9.17) is 10.2 Å². The zero-order chi connectivity index (χ0) is 24.0. The molecule has 2 heterocycles. The van der Waals surface area contributed by atoms with Gasteiger partial charge in [-0.2, -0.15) is 10.2 Å². The van der Waals surface area contributed by atoms with Gasteiger partial charge in [-0.3, -0.25) is 4.79 Å². The van der Waals surface area contributed by atoms with Crippen molar-refractivity contribution < 1.29 is 4.79 Å². The van der Waals surface area contributed by atoms with Crippen LogP contribution in [0.3, 0.4) is 0 Å². The molecule has 35 heavy (non-hydrogen) atoms. The lowest BCUT2D eigenvalue weighted by Crippen LogP contribution is -2.26. The fourth-order valence-corrected chi connectivity index (χ4v) is 4.99. The van der Waals surface area contributed by atoms with Crippen LogP contribution in [-0.4, -0.2) is 25.3 Å². The molecule has 3 aromatic carbocycles. The van der Waals surface area contributed by atoms with E-state index < -0.39 is 0 Å². The zero-order valence-electron chi connectivity index (χ0n) is 19.8. The van der Waals surface area contributed by atoms with Crippen LogP contribution < -0.4 is 0 Å². The molecule has 2 aromatic heterocycles. The van der Waals surface area contributed by atoms with Crippen molar-refractivity contribution >= 4 is 5.78 Å². The SMILES string of the molecule is CC1(C)CC(=O)c2c(nn(-c3ccccc3)c2-c2cn(-c3ccccc3)nc2-c2ccccc2)C1. The number of Topliss-reactive ketones (excluding diaryl/α,β-unsaturated/α-hetero) is 1. The first-order valence-electron chi connectivity index (χ1n) is 11.9. The Balaban J connectivity index is 1.66. The molecule has 1 aliphatic rings. The molecule has 0 atom stereocenters. The van der Waals surface area contributed by atoms with Crippen LogP contribution in [0.5, 0.6) is 0 Å². The van der Waals surface area contributed by atoms with Gasteiger partial charge in [-0.25, -0.2) is 9.36 Å². The molecular formula is C30H26N4O. The standard InChI is InChI=1S/C30H26N4O/c1-30(2)18-25-27(26(35)19-30)29(34(31-25)23-16-10-5-11-17-23)24-20-33(22-14-8-4-9-15-22)32-28(24)21-12-6-3-7-13-21/h3-17,20H,18-19H2,1-2H3. The molecule has 0 radical (unpaired) electrons. The number of fused-ring (bicyclic) bond motifs is 1. The van der Waals surface area contributed by atoms with Crippen molar-refractivity contribution in [1.29, 1.82) is 0 Å². The van der Waals surface area contributed by atoms with Crippen molar-refractivity contribution in [3.05, 3.63) is 108 Å². The van der Waals surface area contributed by atoms with Crippen LogP contribution in [0.2, 0.25) is 0 Å². The lowest BCUT2D eigenvalue weighted by molar-refractivity contribution is 0.0912. The van der Waals surface area contributed by atoms with Crippen LogP contribution >= 0.6 is 0 Å². The summed E-state index contributed by atoms with van der Waals surface area (Å²) < 4.78 is 3.83. The van der Waals surface area contributed by atoms with Crippen LogP contribution in [0, 0.1) is 5.41 Å². The Morgan fingerprint density at radius 2 is 1.34 bits per heavy atom. The van der Waals surface area contributed by atoms with E-state index in [1.165, 1.54) is 0 Å². The second kappa shape index (κ2) is 8.20. The van der Waals surface area contributed by atoms with E-state index in [1.807, 2.05) is 94.4 Å². The largest absolute Gasteiger partial charge is 0.294 e. The van der Waals surface area contributed by atoms with Crippen molar-refractivity contribution in [2.45, 2.75) is 26.7 Å². The molecule has 5 heteroatoms. The van der Waals surface area contributed by atoms with E-state index in [-0.39, 0.29) is 11.2 Å². The van der Waals surface area contributed by atoms with Gasteiger partial charge < -0.3 is 0 Å². The Hall–Kier alpha value is -4.25. The number of ketones is 1. The first kappa shape index (κ1) is 21.3. The van der Waals surface area contributed by atoms with Gasteiger partial charge in [0.05, 0.1) is 28.3 Å². The lowest BCUT2D eigenvalue weighted by atomic mass is 9.75. The maximum Gasteiger partial charge on any atom is 0.167 e. The molecule has 1 aliphatic carbocycles. The lowest BCUT2D eigenvalue weighted by Gasteiger charge is -2.27. The van der Waals surface area contributed by atoms with Gasteiger partial charge in [-0.15, -0.1) is 0 Å². The van der Waals surface area contributed by atoms with Crippen molar-refractivity contribution in [2.75, 3.05) is 0 Å². The summed E-state index contributed by atoms with van der Waals surface area (Å²) in [7, 11) is 0. The van der Waals surface area contributed by atoms with Crippen molar-refractivity contribution in [1.82, 2.24) is 19.6 Å². The third kappa shape index (κ3) is 3.79. The minimum absolute atomic E-state index is 0.117. The molecule has 172 valence electrons. The third-order valence-electron chi connectivity index (χ3n) is 6.56. The highest BCUT2D eigenvalue weighted by molar-refractivity contribution is 6.05. The molecule has 5 nitrogen and oxygen atoms in total. The van der Waals surface area contributed by atoms with Crippen molar-refractivity contribution in [3.8, 4) is 33.9 Å². The predicted octanol–water partition coefficient (Wildman–Crippen LogP) is 6.55. The molecule has 0 saturated heterocycles. The molecule has 0 fully saturated rings. The minimum Gasteiger partial charge on any atom is -0.294 e. The summed E-state index contributed by atoms with van der Waals surface area (Å²) in [5.74, 6) is 0.139. The quantitative estimate of drug-likeness (QED) is 0.307. The van der Waals surface area contributed by atoms with Crippen LogP contribution in [-0.2, 0) is 6.42 Å². The Labute approximate surface area is 204 Å². The Morgan fingerprint density at radius 1 is 0.743 bits per heavy atom. The summed E-state index contributed by atoms with van der Waals surface area (Å²) in [5.41, 5.74) is 6.88. The van der Waals surface area contributed by atoms with E-state index in [0.29, 0.717) is 6.42 Å². The maximum atomic E-state index is 13.6. The second-order valence-electron chi connectivity index (χ2n) is 9.90. The maximum absolute atomic E-state index is 13.6. The van der Waals surface area contributed by atoms with E-state index in [9.17, 15) is 4.79 Å². The minimum atomic E-state index is -0.117. The molecule has 0 N–H and O–H groups in total. The summed E-state index contributed by atoms with van der Waals surface area (Å²) >= 11 is 0. The summed E-state index contributed by atoms with van der Waals surface area (Å²) in [5, 5.41) is 10.0. The Kier molecular flexibility index (Phi) is 4.99. The predicted molar refractivity (Wildman–Crippen MR) is 138 cm³/mol. The first-order valence-corrected chi connectivity index (χ1v) is 11.9. The van der Waals surface area contributed by atoms with Crippen molar-refractivity contribution in [2.24, 2.45) is 5.41 Å². The number of benzene rings is 3. The Morgan fingerprint density at radius 3 is 2.00 bits per heavy atom. The van der Waals surface area contributed by atoms with Gasteiger partial charge in [-0.05, 0) is 36.1 Å². The van der Waals surface area contributed by atoms with Gasteiger partial charge in [-0.1, -0.05) is 80.6 Å². The third-order valence-corrected chi connectivity index (χ3v) is 6.56. The summed E-state index contributed by atoms with van der Waals surface area (Å²) in [4.78, 5) is 13.6. The van der Waals surface area contributed by atoms with E-state index >= 15 is 0 Å². The summed E-state index contributed by atoms with van der Waals surface area (Å²) in [6.07, 6.45) is 3.29. The highest BCUT2D eigenvalue weighted by Crippen LogP contribution is 2.42. The van der Waals surface area contributed by atoms with Crippen LogP contribution in [0.25, 0.3) is 33.9 Å². The number of nitrogens with zero attached hydrogens (tertiary/aromatic N) is 4. The number of aromatic nitrogens is 4. The smallest absolute Gasteiger partial charge is 0.167 e. The monoisotopic (exact) mass is 458 g/mol. The molecular weight excluding hydrogens is 432 g/mol. The van der Waals surface area contributed by atoms with E-state index in [0.717, 1.165) is 51.6 Å². The van der Waals surface area contributed by atoms with Crippen molar-refractivity contribution in [3.63, 3.8) is 0 Å². The molecule has 0 bridgehead atoms. The number of para-hydroxylation sites is 2. The van der Waals surface area contributed by atoms with E-state index in [1.54, 1.807) is 0 Å². The van der Waals surface area contributed by atoms with Gasteiger partial charge in [0.1, 0.15) is 5.69 Å². The molecule has 0 saturated carbocycles. The normalized spacial score (nSPS) is 14.6. The van der Waals surface area contributed by atoms with Gasteiger partial charge >= 0.3 is 0 Å². The van der Waals surface area contributed by atoms with E-state index in [2.05, 4.69) is 26.0 Å². The van der Waals surface area contributed by atoms with Crippen LogP contribution in [0.4, 0.5) is 0 Å². The van der Waals surface area contributed by atoms with Gasteiger partial charge in [0.15, 0.2) is 5.78 Å². The van der Waals surface area contributed by atoms with Crippen LogP contribution in [0.1, 0.15) is 36.3 Å². The number of carbonyl (C=O) groups excluding carboxylic acids is 1. The average molecular weight is 459 g/mol. The Bertz CT molecular complexity index is 1510. The molecule has 0 aliphatic heterocycles. The molecule has 6 rings (SSSR count). The van der Waals surface area contributed by atoms with Crippen LogP contribution in [0.15, 0.2) is 97.2 Å². The number of hydrogen-bond donors (Lipinski definition) is 0. The van der Waals surface area contributed by atoms with Gasteiger partial charge in [0, 0.05) is 23.7 Å². The fourth-order valence-electron chi connectivity index (χ4n) is 4.99. The number of rotatable bonds is 4. The molecule has 0 spiro atoms. The van der Waals surface area contributed by atoms with Gasteiger partial charge in [0.25, 0.3) is 0 Å². The number of carbonyl (C=O) groups is 1.